The second kappa shape index (κ2) is 6.00. The van der Waals surface area contributed by atoms with E-state index in [4.69, 9.17) is 16.0 Å². The molecule has 0 radical (unpaired) electrons. The van der Waals surface area contributed by atoms with Crippen LogP contribution in [0.4, 0.5) is 11.5 Å². The summed E-state index contributed by atoms with van der Waals surface area (Å²) in [5, 5.41) is 14.7. The SMILES string of the molecule is N#CNC(=NC1CC2CCC1CC2)Nc1ccc(N)nc1. The number of hydrogen-bond donors (Lipinski definition) is 3. The summed E-state index contributed by atoms with van der Waals surface area (Å²) >= 11 is 0. The standard InChI is InChI=1S/C15H20N6/c16-9-19-15(20-12-5-6-14(17)18-8-12)21-13-7-10-1-3-11(13)4-2-10/h5-6,8,10-11,13H,1-4,7H2,(H2,17,18)(H2,19,20,21). The maximum absolute atomic E-state index is 8.90. The largest absolute Gasteiger partial charge is 0.384 e. The Kier molecular flexibility index (Phi) is 3.91. The van der Waals surface area contributed by atoms with E-state index in [1.807, 2.05) is 12.3 Å². The van der Waals surface area contributed by atoms with Crippen molar-refractivity contribution in [3.8, 4) is 6.19 Å². The molecule has 6 heteroatoms. The fraction of sp³-hybridized carbons (Fsp3) is 0.533. The van der Waals surface area contributed by atoms with Gasteiger partial charge in [0.2, 0.25) is 5.96 Å². The molecule has 3 aliphatic carbocycles. The first-order valence-electron chi connectivity index (χ1n) is 7.46. The Morgan fingerprint density at radius 1 is 1.33 bits per heavy atom. The summed E-state index contributed by atoms with van der Waals surface area (Å²) in [5.41, 5.74) is 6.34. The van der Waals surface area contributed by atoms with E-state index >= 15 is 0 Å². The first kappa shape index (κ1) is 13.7. The molecule has 0 spiro atoms. The molecule has 6 nitrogen and oxygen atoms in total. The Morgan fingerprint density at radius 3 is 2.71 bits per heavy atom. The van der Waals surface area contributed by atoms with E-state index in [0.717, 1.165) is 18.0 Å². The molecule has 1 aromatic heterocycles. The first-order chi connectivity index (χ1) is 10.2. The van der Waals surface area contributed by atoms with Crippen LogP contribution in [0.2, 0.25) is 0 Å². The molecule has 2 bridgehead atoms. The lowest BCUT2D eigenvalue weighted by molar-refractivity contribution is 0.148. The molecule has 0 saturated heterocycles. The van der Waals surface area contributed by atoms with Crippen LogP contribution in [-0.2, 0) is 0 Å². The van der Waals surface area contributed by atoms with Crippen LogP contribution in [-0.4, -0.2) is 17.0 Å². The predicted molar refractivity (Wildman–Crippen MR) is 82.3 cm³/mol. The van der Waals surface area contributed by atoms with Gasteiger partial charge in [0.15, 0.2) is 6.19 Å². The first-order valence-corrected chi connectivity index (χ1v) is 7.46. The van der Waals surface area contributed by atoms with Crippen LogP contribution < -0.4 is 16.4 Å². The maximum atomic E-state index is 8.90. The lowest BCUT2D eigenvalue weighted by Crippen LogP contribution is -2.37. The van der Waals surface area contributed by atoms with Crippen molar-refractivity contribution in [2.75, 3.05) is 11.1 Å². The zero-order valence-electron chi connectivity index (χ0n) is 11.9. The number of aliphatic imine (C=N–C) groups is 1. The Hall–Kier alpha value is -2.29. The number of hydrogen-bond acceptors (Lipinski definition) is 4. The van der Waals surface area contributed by atoms with Gasteiger partial charge in [-0.2, -0.15) is 5.26 Å². The summed E-state index contributed by atoms with van der Waals surface area (Å²) in [7, 11) is 0. The van der Waals surface area contributed by atoms with Crippen LogP contribution in [0.3, 0.4) is 0 Å². The van der Waals surface area contributed by atoms with E-state index in [9.17, 15) is 0 Å². The van der Waals surface area contributed by atoms with E-state index < -0.39 is 0 Å². The minimum Gasteiger partial charge on any atom is -0.384 e. The number of anilines is 2. The highest BCUT2D eigenvalue weighted by atomic mass is 15.2. The average Bonchev–Trinajstić information content (AvgIpc) is 2.51. The number of rotatable bonds is 2. The van der Waals surface area contributed by atoms with Crippen LogP contribution in [0.15, 0.2) is 23.3 Å². The summed E-state index contributed by atoms with van der Waals surface area (Å²) in [6, 6.07) is 3.86. The molecule has 4 N–H and O–H groups in total. The Labute approximate surface area is 124 Å². The molecule has 3 aliphatic rings. The summed E-state index contributed by atoms with van der Waals surface area (Å²) in [6.07, 6.45) is 9.93. The lowest BCUT2D eigenvalue weighted by Gasteiger charge is -2.40. The van der Waals surface area contributed by atoms with Crippen molar-refractivity contribution in [2.24, 2.45) is 16.8 Å². The van der Waals surface area contributed by atoms with E-state index in [1.165, 1.54) is 25.7 Å². The number of fused-ring (bicyclic) bond motifs is 3. The van der Waals surface area contributed by atoms with Crippen molar-refractivity contribution in [1.82, 2.24) is 10.3 Å². The van der Waals surface area contributed by atoms with Gasteiger partial charge in [-0.05, 0) is 43.2 Å². The number of nitrogens with one attached hydrogen (secondary N) is 2. The molecular formula is C15H20N6. The minimum atomic E-state index is 0.322. The number of guanidine groups is 1. The highest BCUT2D eigenvalue weighted by Crippen LogP contribution is 2.42. The topological polar surface area (TPSA) is 99.1 Å². The summed E-state index contributed by atoms with van der Waals surface area (Å²) in [6.45, 7) is 0. The molecular weight excluding hydrogens is 264 g/mol. The van der Waals surface area contributed by atoms with Gasteiger partial charge in [0.1, 0.15) is 5.82 Å². The van der Waals surface area contributed by atoms with Gasteiger partial charge in [-0.1, -0.05) is 12.8 Å². The van der Waals surface area contributed by atoms with Gasteiger partial charge in [0, 0.05) is 0 Å². The fourth-order valence-electron chi connectivity index (χ4n) is 3.43. The van der Waals surface area contributed by atoms with Crippen molar-refractivity contribution < 1.29 is 0 Å². The molecule has 1 aromatic rings. The minimum absolute atomic E-state index is 0.322. The van der Waals surface area contributed by atoms with Gasteiger partial charge in [0.25, 0.3) is 0 Å². The van der Waals surface area contributed by atoms with Crippen LogP contribution in [0.5, 0.6) is 0 Å². The van der Waals surface area contributed by atoms with Gasteiger partial charge < -0.3 is 11.1 Å². The van der Waals surface area contributed by atoms with E-state index in [0.29, 0.717) is 23.7 Å². The van der Waals surface area contributed by atoms with Crippen molar-refractivity contribution in [2.45, 2.75) is 38.1 Å². The second-order valence-electron chi connectivity index (χ2n) is 5.90. The number of aromatic nitrogens is 1. The van der Waals surface area contributed by atoms with Gasteiger partial charge in [-0.3, -0.25) is 5.32 Å². The molecule has 1 unspecified atom stereocenters. The molecule has 0 aromatic carbocycles. The van der Waals surface area contributed by atoms with E-state index in [2.05, 4.69) is 15.6 Å². The fourth-order valence-corrected chi connectivity index (χ4v) is 3.43. The third-order valence-corrected chi connectivity index (χ3v) is 4.53. The van der Waals surface area contributed by atoms with Gasteiger partial charge in [-0.25, -0.2) is 9.98 Å². The molecule has 21 heavy (non-hydrogen) atoms. The number of nitrogens with two attached hydrogens (primary N) is 1. The van der Waals surface area contributed by atoms with Crippen LogP contribution in [0.1, 0.15) is 32.1 Å². The monoisotopic (exact) mass is 284 g/mol. The van der Waals surface area contributed by atoms with Crippen LogP contribution in [0.25, 0.3) is 0 Å². The lowest BCUT2D eigenvalue weighted by atomic mass is 9.68. The Balaban J connectivity index is 1.73. The van der Waals surface area contributed by atoms with Crippen LogP contribution in [0, 0.1) is 23.3 Å². The maximum Gasteiger partial charge on any atom is 0.209 e. The third kappa shape index (κ3) is 3.24. The van der Waals surface area contributed by atoms with E-state index in [-0.39, 0.29) is 0 Å². The normalized spacial score (nSPS) is 28.0. The van der Waals surface area contributed by atoms with Crippen LogP contribution >= 0.6 is 0 Å². The van der Waals surface area contributed by atoms with Crippen molar-refractivity contribution in [1.29, 1.82) is 5.26 Å². The molecule has 0 amide bonds. The summed E-state index contributed by atoms with van der Waals surface area (Å²) in [5.74, 6) is 2.45. The van der Waals surface area contributed by atoms with Crippen molar-refractivity contribution in [3.05, 3.63) is 18.3 Å². The molecule has 3 fully saturated rings. The molecule has 110 valence electrons. The van der Waals surface area contributed by atoms with Gasteiger partial charge >= 0.3 is 0 Å². The third-order valence-electron chi connectivity index (χ3n) is 4.53. The number of pyridine rings is 1. The Bertz CT molecular complexity index is 551. The molecule has 0 aliphatic heterocycles. The Morgan fingerprint density at radius 2 is 2.14 bits per heavy atom. The number of nitrogen functional groups attached to an aromatic ring is 1. The molecule has 1 heterocycles. The highest BCUT2D eigenvalue weighted by Gasteiger charge is 2.35. The zero-order chi connectivity index (χ0) is 14.7. The van der Waals surface area contributed by atoms with E-state index in [1.54, 1.807) is 12.3 Å². The number of nitrogens with zero attached hydrogens (tertiary/aromatic N) is 3. The summed E-state index contributed by atoms with van der Waals surface area (Å²) in [4.78, 5) is 8.77. The average molecular weight is 284 g/mol. The molecule has 1 atom stereocenters. The number of nitriles is 1. The zero-order valence-corrected chi connectivity index (χ0v) is 11.9. The van der Waals surface area contributed by atoms with Gasteiger partial charge in [-0.15, -0.1) is 0 Å². The second-order valence-corrected chi connectivity index (χ2v) is 5.90. The quantitative estimate of drug-likeness (QED) is 0.334. The van der Waals surface area contributed by atoms with Crippen molar-refractivity contribution >= 4 is 17.5 Å². The molecule has 4 rings (SSSR count). The predicted octanol–water partition coefficient (Wildman–Crippen LogP) is 2.08. The smallest absolute Gasteiger partial charge is 0.209 e. The molecule has 3 saturated carbocycles. The highest BCUT2D eigenvalue weighted by molar-refractivity contribution is 5.94. The van der Waals surface area contributed by atoms with Crippen molar-refractivity contribution in [3.63, 3.8) is 0 Å². The summed E-state index contributed by atoms with van der Waals surface area (Å²) < 4.78 is 0. The van der Waals surface area contributed by atoms with Gasteiger partial charge in [0.05, 0.1) is 17.9 Å².